The van der Waals surface area contributed by atoms with E-state index in [1.807, 2.05) is 0 Å². The summed E-state index contributed by atoms with van der Waals surface area (Å²) in [6.07, 6.45) is 1.32. The van der Waals surface area contributed by atoms with Crippen molar-refractivity contribution in [2.24, 2.45) is 0 Å². The topological polar surface area (TPSA) is 130 Å². The van der Waals surface area contributed by atoms with E-state index in [9.17, 15) is 24.8 Å². The van der Waals surface area contributed by atoms with Crippen LogP contribution in [-0.4, -0.2) is 49.9 Å². The fourth-order valence-corrected chi connectivity index (χ4v) is 3.17. The molecule has 0 atom stereocenters. The summed E-state index contributed by atoms with van der Waals surface area (Å²) < 4.78 is 4.95. The van der Waals surface area contributed by atoms with E-state index in [0.29, 0.717) is 0 Å². The van der Waals surface area contributed by atoms with E-state index in [-0.39, 0.29) is 20.5 Å². The van der Waals surface area contributed by atoms with Crippen LogP contribution in [0, 0.1) is 10.1 Å². The van der Waals surface area contributed by atoms with Gasteiger partial charge in [0, 0.05) is 6.07 Å². The van der Waals surface area contributed by atoms with E-state index in [0.717, 1.165) is 22.7 Å². The van der Waals surface area contributed by atoms with Gasteiger partial charge in [-0.2, -0.15) is 0 Å². The number of phenols is 1. The average molecular weight is 370 g/mol. The van der Waals surface area contributed by atoms with E-state index >= 15 is 0 Å². The fourth-order valence-electron chi connectivity index (χ4n) is 1.91. The lowest BCUT2D eigenvalue weighted by Gasteiger charge is -2.10. The molecule has 0 aromatic heterocycles. The Bertz CT molecular complexity index is 791. The molecular weight excluding hydrogens is 360 g/mol. The number of thiocarbonyl (C=S) groups is 1. The summed E-state index contributed by atoms with van der Waals surface area (Å²) in [4.78, 5) is 34.1. The summed E-state index contributed by atoms with van der Waals surface area (Å²) in [7, 11) is 1.23. The number of aromatic hydroxyl groups is 1. The van der Waals surface area contributed by atoms with Gasteiger partial charge in [0.1, 0.15) is 10.9 Å². The molecule has 9 nitrogen and oxygen atoms in total. The zero-order valence-corrected chi connectivity index (χ0v) is 13.7. The predicted molar refractivity (Wildman–Crippen MR) is 88.8 cm³/mol. The number of ether oxygens (including phenoxy) is 1. The van der Waals surface area contributed by atoms with Gasteiger partial charge < -0.3 is 14.9 Å². The molecular formula is C13H10N2O7S2. The molecule has 1 fully saturated rings. The molecule has 2 rings (SSSR count). The standard InChI is InChI=1S/C13H10N2O7S2/c1-22-8-3-6(2-7(11(8)18)15(20)21)4-9-12(19)14(5-10(16)17)13(23)24-9/h2-4,18H,5H2,1H3,(H,16,17)/b9-4+. The molecule has 1 aliphatic rings. The third-order valence-corrected chi connectivity index (χ3v) is 4.34. The van der Waals surface area contributed by atoms with Crippen molar-refractivity contribution in [2.45, 2.75) is 0 Å². The number of nitrogens with zero attached hydrogens (tertiary/aromatic N) is 2. The molecule has 0 aliphatic carbocycles. The molecule has 2 N–H and O–H groups in total. The lowest BCUT2D eigenvalue weighted by Crippen LogP contribution is -2.33. The van der Waals surface area contributed by atoms with Gasteiger partial charge in [0.15, 0.2) is 5.75 Å². The number of amides is 1. The Morgan fingerprint density at radius 1 is 1.54 bits per heavy atom. The van der Waals surface area contributed by atoms with E-state index < -0.39 is 34.8 Å². The minimum Gasteiger partial charge on any atom is -0.500 e. The smallest absolute Gasteiger partial charge is 0.323 e. The molecule has 1 aromatic rings. The molecule has 11 heteroatoms. The molecule has 24 heavy (non-hydrogen) atoms. The minimum absolute atomic E-state index is 0.0777. The Kier molecular flexibility index (Phi) is 5.04. The van der Waals surface area contributed by atoms with Crippen LogP contribution in [0.25, 0.3) is 6.08 Å². The van der Waals surface area contributed by atoms with E-state index in [1.54, 1.807) is 0 Å². The number of benzene rings is 1. The summed E-state index contributed by atoms with van der Waals surface area (Å²) in [5, 5.41) is 29.5. The first kappa shape index (κ1) is 17.7. The summed E-state index contributed by atoms with van der Waals surface area (Å²) in [5.74, 6) is -2.58. The number of hydrogen-bond donors (Lipinski definition) is 2. The molecule has 1 aromatic carbocycles. The molecule has 0 unspecified atom stereocenters. The minimum atomic E-state index is -1.21. The lowest BCUT2D eigenvalue weighted by molar-refractivity contribution is -0.386. The van der Waals surface area contributed by atoms with Gasteiger partial charge in [-0.1, -0.05) is 24.0 Å². The van der Waals surface area contributed by atoms with Gasteiger partial charge in [-0.3, -0.25) is 24.6 Å². The first-order chi connectivity index (χ1) is 11.2. The Hall–Kier alpha value is -2.66. The van der Waals surface area contributed by atoms with Crippen LogP contribution in [0.4, 0.5) is 5.69 Å². The van der Waals surface area contributed by atoms with Crippen LogP contribution < -0.4 is 4.74 Å². The summed E-state index contributed by atoms with van der Waals surface area (Å²) >= 11 is 5.84. The van der Waals surface area contributed by atoms with Gasteiger partial charge in [-0.25, -0.2) is 0 Å². The van der Waals surface area contributed by atoms with Crippen LogP contribution in [0.3, 0.4) is 0 Å². The van der Waals surface area contributed by atoms with Gasteiger partial charge in [-0.05, 0) is 17.7 Å². The lowest BCUT2D eigenvalue weighted by atomic mass is 10.1. The van der Waals surface area contributed by atoms with Crippen LogP contribution in [0.5, 0.6) is 11.5 Å². The normalized spacial score (nSPS) is 15.9. The van der Waals surface area contributed by atoms with Crippen LogP contribution in [0.1, 0.15) is 5.56 Å². The maximum absolute atomic E-state index is 12.2. The van der Waals surface area contributed by atoms with Crippen molar-refractivity contribution >= 4 is 51.9 Å². The largest absolute Gasteiger partial charge is 0.500 e. The fraction of sp³-hybridized carbons (Fsp3) is 0.154. The van der Waals surface area contributed by atoms with Gasteiger partial charge in [0.2, 0.25) is 5.75 Å². The van der Waals surface area contributed by atoms with Gasteiger partial charge in [0.05, 0.1) is 16.9 Å². The summed E-state index contributed by atoms with van der Waals surface area (Å²) in [6, 6.07) is 2.38. The number of carbonyl (C=O) groups is 2. The number of nitro groups is 1. The number of hydrogen-bond acceptors (Lipinski definition) is 8. The van der Waals surface area contributed by atoms with Crippen molar-refractivity contribution in [1.82, 2.24) is 4.90 Å². The maximum atomic E-state index is 12.2. The molecule has 0 radical (unpaired) electrons. The summed E-state index contributed by atoms with van der Waals surface area (Å²) in [5.41, 5.74) is -0.353. The third-order valence-electron chi connectivity index (χ3n) is 2.96. The number of aliphatic carboxylic acids is 1. The van der Waals surface area contributed by atoms with Crippen LogP contribution in [-0.2, 0) is 9.59 Å². The molecule has 1 aliphatic heterocycles. The highest BCUT2D eigenvalue weighted by Gasteiger charge is 2.33. The van der Waals surface area contributed by atoms with Crippen molar-refractivity contribution in [3.05, 3.63) is 32.7 Å². The SMILES string of the molecule is COc1cc(/C=C2/SC(=S)N(CC(=O)O)C2=O)cc([N+](=O)[O-])c1O. The van der Waals surface area contributed by atoms with Gasteiger partial charge in [0.25, 0.3) is 5.91 Å². The third kappa shape index (κ3) is 3.46. The number of methoxy groups -OCH3 is 1. The number of carboxylic acid groups (broad SMARTS) is 1. The second-order valence-corrected chi connectivity index (χ2v) is 6.19. The molecule has 1 amide bonds. The molecule has 0 saturated carbocycles. The van der Waals surface area contributed by atoms with E-state index in [2.05, 4.69) is 0 Å². The highest BCUT2D eigenvalue weighted by molar-refractivity contribution is 8.26. The van der Waals surface area contributed by atoms with Crippen LogP contribution >= 0.6 is 24.0 Å². The number of carboxylic acids is 1. The predicted octanol–water partition coefficient (Wildman–Crippen LogP) is 1.59. The number of nitro benzene ring substituents is 1. The first-order valence-corrected chi connectivity index (χ1v) is 7.49. The number of thioether (sulfide) groups is 1. The number of phenolic OH excluding ortho intramolecular Hbond substituents is 1. The Labute approximate surface area is 144 Å². The zero-order valence-electron chi connectivity index (χ0n) is 12.1. The molecule has 0 spiro atoms. The van der Waals surface area contributed by atoms with Crippen molar-refractivity contribution in [3.8, 4) is 11.5 Å². The molecule has 126 valence electrons. The van der Waals surface area contributed by atoms with Crippen molar-refractivity contribution in [3.63, 3.8) is 0 Å². The second-order valence-electron chi connectivity index (χ2n) is 4.51. The Balaban J connectivity index is 2.43. The average Bonchev–Trinajstić information content (AvgIpc) is 2.75. The monoisotopic (exact) mass is 370 g/mol. The molecule has 1 saturated heterocycles. The van der Waals surface area contributed by atoms with Gasteiger partial charge >= 0.3 is 11.7 Å². The zero-order chi connectivity index (χ0) is 18.0. The Morgan fingerprint density at radius 3 is 2.75 bits per heavy atom. The van der Waals surface area contributed by atoms with Crippen molar-refractivity contribution in [2.75, 3.05) is 13.7 Å². The Morgan fingerprint density at radius 2 is 2.21 bits per heavy atom. The van der Waals surface area contributed by atoms with Crippen molar-refractivity contribution in [1.29, 1.82) is 0 Å². The number of carbonyl (C=O) groups excluding carboxylic acids is 1. The molecule has 1 heterocycles. The quantitative estimate of drug-likeness (QED) is 0.343. The van der Waals surface area contributed by atoms with Crippen LogP contribution in [0.15, 0.2) is 17.0 Å². The van der Waals surface area contributed by atoms with Crippen molar-refractivity contribution < 1.29 is 29.5 Å². The first-order valence-electron chi connectivity index (χ1n) is 6.27. The number of rotatable bonds is 5. The van der Waals surface area contributed by atoms with E-state index in [4.69, 9.17) is 22.1 Å². The maximum Gasteiger partial charge on any atom is 0.323 e. The highest BCUT2D eigenvalue weighted by Crippen LogP contribution is 2.39. The van der Waals surface area contributed by atoms with Gasteiger partial charge in [-0.15, -0.1) is 0 Å². The molecule has 0 bridgehead atoms. The summed E-state index contributed by atoms with van der Waals surface area (Å²) in [6.45, 7) is -0.568. The highest BCUT2D eigenvalue weighted by atomic mass is 32.2. The second kappa shape index (κ2) is 6.84. The van der Waals surface area contributed by atoms with Crippen LogP contribution in [0.2, 0.25) is 0 Å². The van der Waals surface area contributed by atoms with E-state index in [1.165, 1.54) is 19.3 Å².